The lowest BCUT2D eigenvalue weighted by atomic mass is 9.95. The largest absolute Gasteiger partial charge is 0.493 e. The highest BCUT2D eigenvalue weighted by molar-refractivity contribution is 6.08. The van der Waals surface area contributed by atoms with Crippen molar-refractivity contribution in [3.05, 3.63) is 64.6 Å². The summed E-state index contributed by atoms with van der Waals surface area (Å²) in [4.78, 5) is 29.8. The lowest BCUT2D eigenvalue weighted by molar-refractivity contribution is 0.0591. The van der Waals surface area contributed by atoms with E-state index in [9.17, 15) is 9.59 Å². The Morgan fingerprint density at radius 2 is 1.36 bits per heavy atom. The molecule has 0 fully saturated rings. The zero-order valence-corrected chi connectivity index (χ0v) is 27.2. The summed E-state index contributed by atoms with van der Waals surface area (Å²) in [5.41, 5.74) is 7.25. The van der Waals surface area contributed by atoms with Crippen molar-refractivity contribution in [2.75, 3.05) is 68.5 Å². The van der Waals surface area contributed by atoms with Gasteiger partial charge in [0.15, 0.2) is 23.0 Å². The minimum Gasteiger partial charge on any atom is -0.493 e. The molecule has 0 amide bonds. The first-order chi connectivity index (χ1) is 20.2. The number of methoxy groups -OCH3 is 5. The molecule has 13 heteroatoms. The summed E-state index contributed by atoms with van der Waals surface area (Å²) in [6.45, 7) is 1.01. The molecule has 44 heavy (non-hydrogen) atoms. The summed E-state index contributed by atoms with van der Waals surface area (Å²) < 4.78 is 35.0. The van der Waals surface area contributed by atoms with Crippen LogP contribution in [0.15, 0.2) is 53.3 Å². The maximum Gasteiger partial charge on any atom is 0.355 e. The predicted molar refractivity (Wildman–Crippen MR) is 175 cm³/mol. The summed E-state index contributed by atoms with van der Waals surface area (Å²) in [7, 11) is 11.1. The Kier molecular flexibility index (Phi) is 12.6. The number of likely N-dealkylation sites (N-methyl/N-ethyl adjacent to an activating group) is 1. The van der Waals surface area contributed by atoms with Crippen molar-refractivity contribution in [3.8, 4) is 45.6 Å². The summed E-state index contributed by atoms with van der Waals surface area (Å²) >= 11 is 0. The topological polar surface area (TPSA) is 124 Å². The second-order valence-corrected chi connectivity index (χ2v) is 9.56. The average Bonchev–Trinajstić information content (AvgIpc) is 2.99. The molecule has 238 valence electrons. The Morgan fingerprint density at radius 3 is 1.86 bits per heavy atom. The highest BCUT2D eigenvalue weighted by Gasteiger charge is 2.28. The van der Waals surface area contributed by atoms with Crippen LogP contribution in [-0.2, 0) is 4.74 Å². The maximum atomic E-state index is 14.3. The Hall–Kier alpha value is -4.32. The van der Waals surface area contributed by atoms with Gasteiger partial charge in [0.2, 0.25) is 5.75 Å². The van der Waals surface area contributed by atoms with Crippen molar-refractivity contribution < 1.29 is 33.2 Å². The number of carbonyl (C=O) groups is 1. The van der Waals surface area contributed by atoms with Gasteiger partial charge in [-0.15, -0.1) is 24.8 Å². The Labute approximate surface area is 268 Å². The molecule has 0 saturated carbocycles. The molecule has 1 heterocycles. The number of fused-ring (bicyclic) bond motifs is 1. The first kappa shape index (κ1) is 35.9. The number of carbonyl (C=O) groups excluding carboxylic acids is 1. The maximum absolute atomic E-state index is 14.3. The standard InChI is InChI=1S/C31H35N3O8.2ClH/c1-33(2)12-13-42-24-17-22-21(16-23(24)37-3)27(18-14-25(38-4)29(40-6)26(15-18)39-5)28(31(36)41-7)34(30(22)35)20-10-8-19(32)9-11-20;;/h8-11,14-17H,12-13,32H2,1-7H3;2*1H. The van der Waals surface area contributed by atoms with Crippen LogP contribution in [0.3, 0.4) is 0 Å². The Bertz CT molecular complexity index is 1650. The van der Waals surface area contributed by atoms with E-state index in [0.717, 1.165) is 0 Å². The van der Waals surface area contributed by atoms with Crippen molar-refractivity contribution in [1.82, 2.24) is 9.47 Å². The van der Waals surface area contributed by atoms with Crippen LogP contribution in [-0.4, -0.2) is 78.2 Å². The normalized spacial score (nSPS) is 10.5. The number of halogens is 2. The second kappa shape index (κ2) is 15.4. The molecule has 0 aliphatic rings. The molecule has 1 aromatic heterocycles. The number of hydrogen-bond acceptors (Lipinski definition) is 10. The number of hydrogen-bond donors (Lipinski definition) is 1. The number of rotatable bonds is 11. The van der Waals surface area contributed by atoms with E-state index >= 15 is 0 Å². The fourth-order valence-corrected chi connectivity index (χ4v) is 4.69. The van der Waals surface area contributed by atoms with Gasteiger partial charge in [-0.05, 0) is 68.2 Å². The van der Waals surface area contributed by atoms with Gasteiger partial charge in [-0.25, -0.2) is 4.79 Å². The van der Waals surface area contributed by atoms with Gasteiger partial charge in [0.25, 0.3) is 5.56 Å². The average molecular weight is 651 g/mol. The monoisotopic (exact) mass is 649 g/mol. The number of aromatic nitrogens is 1. The van der Waals surface area contributed by atoms with Crippen LogP contribution < -0.4 is 35.0 Å². The van der Waals surface area contributed by atoms with E-state index in [0.29, 0.717) is 69.8 Å². The Balaban J connectivity index is 0.00000337. The van der Waals surface area contributed by atoms with Crippen LogP contribution in [0.4, 0.5) is 5.69 Å². The number of pyridine rings is 1. The van der Waals surface area contributed by atoms with Gasteiger partial charge >= 0.3 is 5.97 Å². The molecule has 0 aliphatic carbocycles. The van der Waals surface area contributed by atoms with E-state index in [4.69, 9.17) is 34.2 Å². The molecule has 3 aromatic carbocycles. The number of benzene rings is 3. The molecule has 2 N–H and O–H groups in total. The van der Waals surface area contributed by atoms with Gasteiger partial charge in [-0.1, -0.05) is 0 Å². The molecule has 0 aliphatic heterocycles. The van der Waals surface area contributed by atoms with Crippen LogP contribution >= 0.6 is 24.8 Å². The van der Waals surface area contributed by atoms with Crippen molar-refractivity contribution in [2.24, 2.45) is 0 Å². The van der Waals surface area contributed by atoms with E-state index in [2.05, 4.69) is 0 Å². The third-order valence-electron chi connectivity index (χ3n) is 6.75. The van der Waals surface area contributed by atoms with Gasteiger partial charge in [0.1, 0.15) is 12.3 Å². The van der Waals surface area contributed by atoms with Gasteiger partial charge < -0.3 is 39.1 Å². The number of esters is 1. The lowest BCUT2D eigenvalue weighted by Gasteiger charge is -2.22. The van der Waals surface area contributed by atoms with Gasteiger partial charge in [0, 0.05) is 28.9 Å². The SMILES string of the molecule is COC(=O)c1c(-c2cc(OC)c(OC)c(OC)c2)c2cc(OC)c(OCCN(C)C)cc2c(=O)n1-c1ccc(N)cc1.Cl.Cl. The molecular weight excluding hydrogens is 613 g/mol. The minimum atomic E-state index is -0.736. The molecule has 11 nitrogen and oxygen atoms in total. The molecule has 0 unspecified atom stereocenters. The first-order valence-electron chi connectivity index (χ1n) is 13.0. The first-order valence-corrected chi connectivity index (χ1v) is 13.0. The summed E-state index contributed by atoms with van der Waals surface area (Å²) in [6, 6.07) is 13.3. The van der Waals surface area contributed by atoms with Crippen LogP contribution in [0, 0.1) is 0 Å². The molecular formula is C31H37Cl2N3O8. The van der Waals surface area contributed by atoms with E-state index in [1.807, 2.05) is 19.0 Å². The van der Waals surface area contributed by atoms with Crippen LogP contribution in [0.2, 0.25) is 0 Å². The number of nitrogens with zero attached hydrogens (tertiary/aromatic N) is 2. The third-order valence-corrected chi connectivity index (χ3v) is 6.75. The lowest BCUT2D eigenvalue weighted by Crippen LogP contribution is -2.27. The minimum absolute atomic E-state index is 0. The number of ether oxygens (including phenoxy) is 6. The van der Waals surface area contributed by atoms with Crippen LogP contribution in [0.1, 0.15) is 10.5 Å². The van der Waals surface area contributed by atoms with Crippen molar-refractivity contribution in [1.29, 1.82) is 0 Å². The van der Waals surface area contributed by atoms with E-state index in [1.54, 1.807) is 48.5 Å². The molecule has 4 rings (SSSR count). The number of nitrogen functional groups attached to an aromatic ring is 1. The smallest absolute Gasteiger partial charge is 0.355 e. The molecule has 0 atom stereocenters. The summed E-state index contributed by atoms with van der Waals surface area (Å²) in [6.07, 6.45) is 0. The van der Waals surface area contributed by atoms with E-state index in [1.165, 1.54) is 40.1 Å². The highest BCUT2D eigenvalue weighted by atomic mass is 35.5. The highest BCUT2D eigenvalue weighted by Crippen LogP contribution is 2.45. The van der Waals surface area contributed by atoms with Crippen molar-refractivity contribution in [3.63, 3.8) is 0 Å². The summed E-state index contributed by atoms with van der Waals surface area (Å²) in [5, 5.41) is 0.710. The predicted octanol–water partition coefficient (Wildman–Crippen LogP) is 4.84. The number of nitrogens with two attached hydrogens (primary N) is 1. The van der Waals surface area contributed by atoms with E-state index < -0.39 is 11.5 Å². The van der Waals surface area contributed by atoms with Crippen LogP contribution in [0.5, 0.6) is 28.7 Å². The quantitative estimate of drug-likeness (QED) is 0.178. The van der Waals surface area contributed by atoms with Gasteiger partial charge in [0.05, 0.1) is 40.9 Å². The molecule has 0 radical (unpaired) electrons. The summed E-state index contributed by atoms with van der Waals surface area (Å²) in [5.74, 6) is 1.12. The third kappa shape index (κ3) is 6.91. The molecule has 0 saturated heterocycles. The fraction of sp³-hybridized carbons (Fsp3) is 0.290. The van der Waals surface area contributed by atoms with Gasteiger partial charge in [-0.2, -0.15) is 0 Å². The van der Waals surface area contributed by atoms with Crippen molar-refractivity contribution >= 4 is 47.2 Å². The van der Waals surface area contributed by atoms with E-state index in [-0.39, 0.29) is 35.9 Å². The molecule has 0 bridgehead atoms. The molecule has 0 spiro atoms. The molecule has 4 aromatic rings. The van der Waals surface area contributed by atoms with Gasteiger partial charge in [-0.3, -0.25) is 9.36 Å². The second-order valence-electron chi connectivity index (χ2n) is 9.56. The zero-order valence-electron chi connectivity index (χ0n) is 25.6. The van der Waals surface area contributed by atoms with Crippen LogP contribution in [0.25, 0.3) is 27.6 Å². The fourth-order valence-electron chi connectivity index (χ4n) is 4.69. The zero-order chi connectivity index (χ0) is 30.6. The Morgan fingerprint density at radius 1 is 0.795 bits per heavy atom. The van der Waals surface area contributed by atoms with Crippen molar-refractivity contribution in [2.45, 2.75) is 0 Å². The number of anilines is 1.